The summed E-state index contributed by atoms with van der Waals surface area (Å²) in [5, 5.41) is 9.65. The Bertz CT molecular complexity index is 274. The van der Waals surface area contributed by atoms with Gasteiger partial charge in [0.25, 0.3) is 0 Å². The summed E-state index contributed by atoms with van der Waals surface area (Å²) in [6, 6.07) is -0.513. The Labute approximate surface area is 106 Å². The number of alkyl halides is 3. The van der Waals surface area contributed by atoms with Crippen molar-refractivity contribution in [2.75, 3.05) is 13.1 Å². The molecule has 1 heterocycles. The second-order valence-corrected chi connectivity index (χ2v) is 5.90. The van der Waals surface area contributed by atoms with Crippen molar-refractivity contribution in [3.8, 4) is 0 Å². The lowest BCUT2D eigenvalue weighted by Crippen LogP contribution is -2.52. The maximum atomic E-state index is 13.0. The Morgan fingerprint density at radius 2 is 1.67 bits per heavy atom. The van der Waals surface area contributed by atoms with Gasteiger partial charge in [0, 0.05) is 6.04 Å². The smallest absolute Gasteiger partial charge is 0.393 e. The topological polar surface area (TPSA) is 23.5 Å². The summed E-state index contributed by atoms with van der Waals surface area (Å²) in [4.78, 5) is 1.96. The number of piperidine rings is 1. The highest BCUT2D eigenvalue weighted by molar-refractivity contribution is 4.91. The Morgan fingerprint density at radius 3 is 2.22 bits per heavy atom. The molecule has 3 atom stereocenters. The van der Waals surface area contributed by atoms with Gasteiger partial charge in [-0.2, -0.15) is 13.2 Å². The number of hydrogen-bond donors (Lipinski definition) is 1. The van der Waals surface area contributed by atoms with Gasteiger partial charge in [0.05, 0.1) is 12.0 Å². The fraction of sp³-hybridized carbons (Fsp3) is 1.00. The highest BCUT2D eigenvalue weighted by Crippen LogP contribution is 2.41. The molecule has 1 aliphatic carbocycles. The molecule has 1 N–H and O–H groups in total. The second-order valence-electron chi connectivity index (χ2n) is 5.90. The van der Waals surface area contributed by atoms with E-state index in [2.05, 4.69) is 6.92 Å². The summed E-state index contributed by atoms with van der Waals surface area (Å²) in [7, 11) is 0. The van der Waals surface area contributed by atoms with Crippen molar-refractivity contribution in [1.29, 1.82) is 0 Å². The zero-order chi connectivity index (χ0) is 13.3. The number of likely N-dealkylation sites (tertiary alicyclic amines) is 1. The normalized spacial score (nSPS) is 36.8. The average Bonchev–Trinajstić information content (AvgIpc) is 2.28. The van der Waals surface area contributed by atoms with Gasteiger partial charge in [0.1, 0.15) is 0 Å². The van der Waals surface area contributed by atoms with Crippen LogP contribution < -0.4 is 0 Å². The molecule has 0 aromatic heterocycles. The number of hydrogen-bond acceptors (Lipinski definition) is 2. The molecule has 1 aliphatic heterocycles. The van der Waals surface area contributed by atoms with E-state index in [1.807, 2.05) is 4.90 Å². The van der Waals surface area contributed by atoms with Crippen LogP contribution in [0.3, 0.4) is 0 Å². The van der Waals surface area contributed by atoms with Crippen LogP contribution in [-0.2, 0) is 0 Å². The largest absolute Gasteiger partial charge is 0.393 e. The summed E-state index contributed by atoms with van der Waals surface area (Å²) in [5.41, 5.74) is 0. The van der Waals surface area contributed by atoms with E-state index in [0.29, 0.717) is 5.92 Å². The molecule has 0 aromatic rings. The summed E-state index contributed by atoms with van der Waals surface area (Å²) in [5.74, 6) is -0.645. The number of aliphatic hydroxyl groups is 1. The van der Waals surface area contributed by atoms with E-state index in [1.165, 1.54) is 0 Å². The van der Waals surface area contributed by atoms with E-state index in [9.17, 15) is 18.3 Å². The Balaban J connectivity index is 2.05. The van der Waals surface area contributed by atoms with Gasteiger partial charge in [-0.1, -0.05) is 6.92 Å². The first-order chi connectivity index (χ1) is 8.38. The van der Waals surface area contributed by atoms with Crippen LogP contribution in [0.25, 0.3) is 0 Å². The van der Waals surface area contributed by atoms with Crippen molar-refractivity contribution in [1.82, 2.24) is 4.90 Å². The third-order valence-electron chi connectivity index (χ3n) is 4.50. The number of rotatable bonds is 1. The van der Waals surface area contributed by atoms with Crippen molar-refractivity contribution in [3.63, 3.8) is 0 Å². The van der Waals surface area contributed by atoms with E-state index >= 15 is 0 Å². The molecule has 18 heavy (non-hydrogen) atoms. The molecule has 5 heteroatoms. The number of nitrogens with zero attached hydrogens (tertiary/aromatic N) is 1. The molecule has 0 spiro atoms. The van der Waals surface area contributed by atoms with Crippen LogP contribution in [0.2, 0.25) is 0 Å². The van der Waals surface area contributed by atoms with Crippen LogP contribution >= 0.6 is 0 Å². The minimum atomic E-state index is -4.13. The molecule has 0 aromatic carbocycles. The quantitative estimate of drug-likeness (QED) is 0.788. The summed E-state index contributed by atoms with van der Waals surface area (Å²) in [6.45, 7) is 3.63. The fourth-order valence-electron chi connectivity index (χ4n) is 3.27. The van der Waals surface area contributed by atoms with Crippen LogP contribution in [0, 0.1) is 11.8 Å². The summed E-state index contributed by atoms with van der Waals surface area (Å²) < 4.78 is 39.1. The van der Waals surface area contributed by atoms with Gasteiger partial charge >= 0.3 is 6.18 Å². The molecule has 1 saturated carbocycles. The maximum absolute atomic E-state index is 13.0. The van der Waals surface area contributed by atoms with E-state index in [-0.39, 0.29) is 19.3 Å². The lowest BCUT2D eigenvalue weighted by atomic mass is 9.80. The van der Waals surface area contributed by atoms with Crippen molar-refractivity contribution in [2.24, 2.45) is 11.8 Å². The molecule has 3 unspecified atom stereocenters. The van der Waals surface area contributed by atoms with Gasteiger partial charge in [0.2, 0.25) is 0 Å². The van der Waals surface area contributed by atoms with Gasteiger partial charge in [-0.3, -0.25) is 4.90 Å². The lowest BCUT2D eigenvalue weighted by molar-refractivity contribution is -0.206. The predicted octanol–water partition coefficient (Wildman–Crippen LogP) is 2.81. The third kappa shape index (κ3) is 3.18. The fourth-order valence-corrected chi connectivity index (χ4v) is 3.27. The highest BCUT2D eigenvalue weighted by atomic mass is 19.4. The minimum Gasteiger partial charge on any atom is -0.393 e. The average molecular weight is 265 g/mol. The summed E-state index contributed by atoms with van der Waals surface area (Å²) >= 11 is 0. The van der Waals surface area contributed by atoms with E-state index < -0.39 is 24.2 Å². The monoisotopic (exact) mass is 265 g/mol. The van der Waals surface area contributed by atoms with Crippen LogP contribution in [-0.4, -0.2) is 41.4 Å². The molecule has 0 amide bonds. The van der Waals surface area contributed by atoms with Crippen LogP contribution in [0.4, 0.5) is 13.2 Å². The Kier molecular flexibility index (Phi) is 4.22. The molecule has 0 bridgehead atoms. The standard InChI is InChI=1S/C13H22F3NO/c1-9-4-6-17(7-5-9)12-8-10(18)2-3-11(12)13(14,15)16/h9-12,18H,2-8H2,1H3. The molecular weight excluding hydrogens is 243 g/mol. The van der Waals surface area contributed by atoms with E-state index in [0.717, 1.165) is 25.9 Å². The summed E-state index contributed by atoms with van der Waals surface area (Å²) in [6.07, 6.45) is -2.12. The minimum absolute atomic E-state index is 0.0708. The number of halogens is 3. The zero-order valence-electron chi connectivity index (χ0n) is 10.8. The van der Waals surface area contributed by atoms with Crippen molar-refractivity contribution in [3.05, 3.63) is 0 Å². The molecule has 2 rings (SSSR count). The van der Waals surface area contributed by atoms with E-state index in [1.54, 1.807) is 0 Å². The Morgan fingerprint density at radius 1 is 1.06 bits per heavy atom. The van der Waals surface area contributed by atoms with Gasteiger partial charge < -0.3 is 5.11 Å². The van der Waals surface area contributed by atoms with Crippen molar-refractivity contribution in [2.45, 2.75) is 57.3 Å². The lowest BCUT2D eigenvalue weighted by Gasteiger charge is -2.44. The van der Waals surface area contributed by atoms with Crippen LogP contribution in [0.1, 0.15) is 39.0 Å². The molecule has 2 aliphatic rings. The SMILES string of the molecule is CC1CCN(C2CC(O)CCC2C(F)(F)F)CC1. The van der Waals surface area contributed by atoms with Crippen molar-refractivity contribution < 1.29 is 18.3 Å². The second kappa shape index (κ2) is 5.37. The molecule has 2 nitrogen and oxygen atoms in total. The predicted molar refractivity (Wildman–Crippen MR) is 63.2 cm³/mol. The first kappa shape index (κ1) is 14.1. The Hall–Kier alpha value is -0.290. The number of aliphatic hydroxyl groups excluding tert-OH is 1. The zero-order valence-corrected chi connectivity index (χ0v) is 10.8. The molecule has 0 radical (unpaired) electrons. The van der Waals surface area contributed by atoms with Crippen LogP contribution in [0.5, 0.6) is 0 Å². The molecule has 2 fully saturated rings. The van der Waals surface area contributed by atoms with Crippen LogP contribution in [0.15, 0.2) is 0 Å². The van der Waals surface area contributed by atoms with Gasteiger partial charge in [-0.25, -0.2) is 0 Å². The highest BCUT2D eigenvalue weighted by Gasteiger charge is 2.49. The first-order valence-corrected chi connectivity index (χ1v) is 6.86. The van der Waals surface area contributed by atoms with Gasteiger partial charge in [-0.05, 0) is 51.1 Å². The molecule has 1 saturated heterocycles. The first-order valence-electron chi connectivity index (χ1n) is 6.86. The van der Waals surface area contributed by atoms with Crippen molar-refractivity contribution >= 4 is 0 Å². The van der Waals surface area contributed by atoms with Gasteiger partial charge in [-0.15, -0.1) is 0 Å². The maximum Gasteiger partial charge on any atom is 0.393 e. The molecular formula is C13H22F3NO. The van der Waals surface area contributed by atoms with Gasteiger partial charge in [0.15, 0.2) is 0 Å². The molecule has 106 valence electrons. The van der Waals surface area contributed by atoms with E-state index in [4.69, 9.17) is 0 Å². The third-order valence-corrected chi connectivity index (χ3v) is 4.50.